The molecule has 0 bridgehead atoms. The number of hydrogen-bond acceptors (Lipinski definition) is 1. The highest BCUT2D eigenvalue weighted by molar-refractivity contribution is 5.41. The van der Waals surface area contributed by atoms with E-state index in [1.54, 1.807) is 0 Å². The predicted octanol–water partition coefficient (Wildman–Crippen LogP) is 3.96. The Morgan fingerprint density at radius 2 is 1.74 bits per heavy atom. The number of hydrogen-bond donors (Lipinski definition) is 0. The molecule has 0 aliphatic heterocycles. The van der Waals surface area contributed by atoms with Crippen molar-refractivity contribution in [1.82, 2.24) is 4.90 Å². The summed E-state index contributed by atoms with van der Waals surface area (Å²) in [6, 6.07) is 8.26. The van der Waals surface area contributed by atoms with Gasteiger partial charge in [0, 0.05) is 24.7 Å². The largest absolute Gasteiger partial charge is 0.289 e. The van der Waals surface area contributed by atoms with Crippen LogP contribution in [-0.2, 0) is 0 Å². The zero-order valence-corrected chi connectivity index (χ0v) is 11.4. The minimum atomic E-state index is 0.209. The normalized spacial score (nSPS) is 11.6. The Balaban J connectivity index is 3.16. The standard InChI is InChI=1S/C18H21N/c1-5-11-18(19(14-6-2)15-7-3)17-13-10-9-12-16(17)8-4/h4-7,9-10,12-13,18H,1-3,11,14-15H2. The Morgan fingerprint density at radius 3 is 2.26 bits per heavy atom. The summed E-state index contributed by atoms with van der Waals surface area (Å²) in [6.07, 6.45) is 12.2. The van der Waals surface area contributed by atoms with Crippen LogP contribution in [0.25, 0.3) is 0 Å². The number of terminal acetylenes is 1. The average molecular weight is 251 g/mol. The van der Waals surface area contributed by atoms with Crippen LogP contribution in [0.2, 0.25) is 0 Å². The lowest BCUT2D eigenvalue weighted by Crippen LogP contribution is -2.29. The molecule has 0 saturated heterocycles. The van der Waals surface area contributed by atoms with E-state index in [1.807, 2.05) is 36.4 Å². The number of benzene rings is 1. The minimum Gasteiger partial charge on any atom is -0.289 e. The van der Waals surface area contributed by atoms with Crippen molar-refractivity contribution in [2.75, 3.05) is 13.1 Å². The van der Waals surface area contributed by atoms with Gasteiger partial charge >= 0.3 is 0 Å². The zero-order chi connectivity index (χ0) is 14.1. The number of rotatable bonds is 8. The van der Waals surface area contributed by atoms with E-state index in [0.717, 1.165) is 30.6 Å². The van der Waals surface area contributed by atoms with Gasteiger partial charge in [-0.05, 0) is 18.1 Å². The van der Waals surface area contributed by atoms with Crippen molar-refractivity contribution in [1.29, 1.82) is 0 Å². The molecule has 0 spiro atoms. The molecule has 0 radical (unpaired) electrons. The van der Waals surface area contributed by atoms with Gasteiger partial charge in [-0.15, -0.1) is 26.2 Å². The van der Waals surface area contributed by atoms with Crippen molar-refractivity contribution in [3.05, 3.63) is 73.4 Å². The van der Waals surface area contributed by atoms with Crippen LogP contribution in [0.15, 0.2) is 62.2 Å². The Morgan fingerprint density at radius 1 is 1.11 bits per heavy atom. The predicted molar refractivity (Wildman–Crippen MR) is 83.9 cm³/mol. The lowest BCUT2D eigenvalue weighted by molar-refractivity contribution is 0.244. The van der Waals surface area contributed by atoms with E-state index >= 15 is 0 Å². The molecule has 0 saturated carbocycles. The Labute approximate surface area is 117 Å². The van der Waals surface area contributed by atoms with Crippen molar-refractivity contribution < 1.29 is 0 Å². The van der Waals surface area contributed by atoms with Gasteiger partial charge in [-0.3, -0.25) is 4.90 Å². The molecule has 98 valence electrons. The fourth-order valence-electron chi connectivity index (χ4n) is 2.21. The highest BCUT2D eigenvalue weighted by Crippen LogP contribution is 2.27. The fraction of sp³-hybridized carbons (Fsp3) is 0.222. The van der Waals surface area contributed by atoms with E-state index in [1.165, 1.54) is 0 Å². The van der Waals surface area contributed by atoms with Gasteiger partial charge in [-0.1, -0.05) is 42.3 Å². The van der Waals surface area contributed by atoms with Crippen LogP contribution >= 0.6 is 0 Å². The topological polar surface area (TPSA) is 3.24 Å². The van der Waals surface area contributed by atoms with Crippen molar-refractivity contribution in [3.8, 4) is 12.3 Å². The first-order chi connectivity index (χ1) is 9.28. The second-order valence-corrected chi connectivity index (χ2v) is 4.30. The van der Waals surface area contributed by atoms with E-state index in [9.17, 15) is 0 Å². The van der Waals surface area contributed by atoms with Gasteiger partial charge in [-0.25, -0.2) is 0 Å². The van der Waals surface area contributed by atoms with Gasteiger partial charge in [0.1, 0.15) is 0 Å². The van der Waals surface area contributed by atoms with E-state index < -0.39 is 0 Å². The van der Waals surface area contributed by atoms with Gasteiger partial charge < -0.3 is 0 Å². The first-order valence-corrected chi connectivity index (χ1v) is 6.40. The van der Waals surface area contributed by atoms with E-state index in [2.05, 4.69) is 36.6 Å². The Bertz CT molecular complexity index is 469. The van der Waals surface area contributed by atoms with Gasteiger partial charge in [0.2, 0.25) is 0 Å². The van der Waals surface area contributed by atoms with Crippen LogP contribution < -0.4 is 0 Å². The van der Waals surface area contributed by atoms with Gasteiger partial charge in [0.25, 0.3) is 0 Å². The molecule has 1 atom stereocenters. The monoisotopic (exact) mass is 251 g/mol. The lowest BCUT2D eigenvalue weighted by atomic mass is 9.96. The maximum Gasteiger partial charge on any atom is 0.0401 e. The molecular formula is C18H21N. The van der Waals surface area contributed by atoms with Crippen molar-refractivity contribution >= 4 is 0 Å². The van der Waals surface area contributed by atoms with Crippen LogP contribution in [0, 0.1) is 12.3 Å². The molecule has 0 N–H and O–H groups in total. The molecule has 1 unspecified atom stereocenters. The van der Waals surface area contributed by atoms with Crippen LogP contribution in [0.3, 0.4) is 0 Å². The van der Waals surface area contributed by atoms with E-state index in [-0.39, 0.29) is 6.04 Å². The summed E-state index contributed by atoms with van der Waals surface area (Å²) in [5, 5.41) is 0. The molecule has 1 aromatic carbocycles. The summed E-state index contributed by atoms with van der Waals surface area (Å²) in [5.74, 6) is 2.76. The quantitative estimate of drug-likeness (QED) is 0.499. The maximum atomic E-state index is 5.60. The molecule has 1 rings (SSSR count). The number of nitrogens with zero attached hydrogens (tertiary/aromatic N) is 1. The van der Waals surface area contributed by atoms with Crippen LogP contribution in [0.1, 0.15) is 23.6 Å². The fourth-order valence-corrected chi connectivity index (χ4v) is 2.21. The zero-order valence-electron chi connectivity index (χ0n) is 11.4. The molecule has 0 aliphatic carbocycles. The van der Waals surface area contributed by atoms with Gasteiger partial charge in [0.05, 0.1) is 0 Å². The Hall–Kier alpha value is -2.04. The van der Waals surface area contributed by atoms with Crippen molar-refractivity contribution in [2.45, 2.75) is 12.5 Å². The first-order valence-electron chi connectivity index (χ1n) is 6.40. The summed E-state index contributed by atoms with van der Waals surface area (Å²) < 4.78 is 0. The van der Waals surface area contributed by atoms with Crippen LogP contribution in [0.5, 0.6) is 0 Å². The second kappa shape index (κ2) is 8.13. The molecule has 0 aliphatic rings. The summed E-state index contributed by atoms with van der Waals surface area (Å²) in [7, 11) is 0. The average Bonchev–Trinajstić information content (AvgIpc) is 2.44. The van der Waals surface area contributed by atoms with Crippen LogP contribution in [-0.4, -0.2) is 18.0 Å². The minimum absolute atomic E-state index is 0.209. The second-order valence-electron chi connectivity index (χ2n) is 4.30. The lowest BCUT2D eigenvalue weighted by Gasteiger charge is -2.30. The molecule has 1 heteroatoms. The third-order valence-electron chi connectivity index (χ3n) is 3.03. The SMILES string of the molecule is C#Cc1ccccc1C(CC=C)N(CC=C)CC=C. The summed E-state index contributed by atoms with van der Waals surface area (Å²) in [4.78, 5) is 2.29. The summed E-state index contributed by atoms with van der Waals surface area (Å²) in [6.45, 7) is 13.1. The highest BCUT2D eigenvalue weighted by Gasteiger charge is 2.19. The third-order valence-corrected chi connectivity index (χ3v) is 3.03. The van der Waals surface area contributed by atoms with E-state index in [4.69, 9.17) is 6.42 Å². The van der Waals surface area contributed by atoms with Gasteiger partial charge in [0.15, 0.2) is 0 Å². The smallest absolute Gasteiger partial charge is 0.0401 e. The third kappa shape index (κ3) is 3.98. The first kappa shape index (κ1) is 15.0. The summed E-state index contributed by atoms with van der Waals surface area (Å²) >= 11 is 0. The highest BCUT2D eigenvalue weighted by atomic mass is 15.1. The molecular weight excluding hydrogens is 230 g/mol. The molecule has 19 heavy (non-hydrogen) atoms. The maximum absolute atomic E-state index is 5.60. The van der Waals surface area contributed by atoms with Crippen molar-refractivity contribution in [3.63, 3.8) is 0 Å². The molecule has 0 heterocycles. The molecule has 0 aromatic heterocycles. The summed E-state index contributed by atoms with van der Waals surface area (Å²) in [5.41, 5.74) is 2.10. The molecule has 0 fully saturated rings. The van der Waals surface area contributed by atoms with Crippen LogP contribution in [0.4, 0.5) is 0 Å². The Kier molecular flexibility index (Phi) is 6.43. The van der Waals surface area contributed by atoms with Crippen molar-refractivity contribution in [2.24, 2.45) is 0 Å². The molecule has 1 nitrogen and oxygen atoms in total. The van der Waals surface area contributed by atoms with Gasteiger partial charge in [-0.2, -0.15) is 0 Å². The molecule has 1 aromatic rings. The molecule has 0 amide bonds. The van der Waals surface area contributed by atoms with E-state index in [0.29, 0.717) is 0 Å².